The summed E-state index contributed by atoms with van der Waals surface area (Å²) in [4.78, 5) is 20.0. The minimum atomic E-state index is 0.143. The summed E-state index contributed by atoms with van der Waals surface area (Å²) in [5.41, 5.74) is 3.74. The highest BCUT2D eigenvalue weighted by molar-refractivity contribution is 5.95. The Morgan fingerprint density at radius 1 is 1.30 bits per heavy atom. The average molecular weight is 313 g/mol. The number of nitrogens with zero attached hydrogens (tertiary/aromatic N) is 3. The van der Waals surface area contributed by atoms with E-state index in [-0.39, 0.29) is 5.91 Å². The Hall–Kier alpha value is -1.84. The number of carbonyl (C=O) groups is 1. The number of carbonyl (C=O) groups excluding carboxylic acids is 1. The van der Waals surface area contributed by atoms with E-state index in [0.29, 0.717) is 11.8 Å². The highest BCUT2D eigenvalue weighted by atomic mass is 16.2. The number of amides is 1. The molecule has 3 rings (SSSR count). The quantitative estimate of drug-likeness (QED) is 0.866. The van der Waals surface area contributed by atoms with Crippen LogP contribution in [-0.2, 0) is 6.42 Å². The van der Waals surface area contributed by atoms with Gasteiger partial charge in [0.1, 0.15) is 11.3 Å². The molecule has 0 spiro atoms. The maximum absolute atomic E-state index is 13.2. The Kier molecular flexibility index (Phi) is 4.42. The fourth-order valence-electron chi connectivity index (χ4n) is 3.87. The van der Waals surface area contributed by atoms with Gasteiger partial charge in [-0.2, -0.15) is 0 Å². The van der Waals surface area contributed by atoms with E-state index in [4.69, 9.17) is 4.98 Å². The summed E-state index contributed by atoms with van der Waals surface area (Å²) in [6, 6.07) is 4.05. The lowest BCUT2D eigenvalue weighted by molar-refractivity contribution is 0.0615. The number of likely N-dealkylation sites (tertiary alicyclic amines) is 1. The lowest BCUT2D eigenvalue weighted by Crippen LogP contribution is -2.43. The number of rotatable bonds is 3. The Bertz CT molecular complexity index is 709. The van der Waals surface area contributed by atoms with Gasteiger partial charge in [-0.25, -0.2) is 4.98 Å². The molecule has 2 aromatic rings. The van der Waals surface area contributed by atoms with Crippen molar-refractivity contribution in [3.63, 3.8) is 0 Å². The number of piperidine rings is 1. The molecule has 0 bridgehead atoms. The van der Waals surface area contributed by atoms with E-state index in [1.54, 1.807) is 0 Å². The Morgan fingerprint density at radius 2 is 2.00 bits per heavy atom. The van der Waals surface area contributed by atoms with Gasteiger partial charge in [-0.1, -0.05) is 33.3 Å². The first kappa shape index (κ1) is 16.0. The van der Waals surface area contributed by atoms with Gasteiger partial charge in [-0.15, -0.1) is 0 Å². The smallest absolute Gasteiger partial charge is 0.272 e. The SMILES string of the molecule is CCCc1nc2c(C)cccn2c1C(=O)N1CC(C)CC(C)C1. The van der Waals surface area contributed by atoms with Crippen molar-refractivity contribution >= 4 is 11.6 Å². The van der Waals surface area contributed by atoms with Crippen molar-refractivity contribution in [1.82, 2.24) is 14.3 Å². The molecule has 1 saturated heterocycles. The third kappa shape index (κ3) is 2.99. The number of hydrogen-bond acceptors (Lipinski definition) is 2. The van der Waals surface area contributed by atoms with Crippen LogP contribution in [-0.4, -0.2) is 33.3 Å². The van der Waals surface area contributed by atoms with Crippen LogP contribution in [0.15, 0.2) is 18.3 Å². The summed E-state index contributed by atoms with van der Waals surface area (Å²) in [5, 5.41) is 0. The predicted molar refractivity (Wildman–Crippen MR) is 92.8 cm³/mol. The van der Waals surface area contributed by atoms with Crippen LogP contribution in [0.2, 0.25) is 0 Å². The van der Waals surface area contributed by atoms with Crippen LogP contribution < -0.4 is 0 Å². The second-order valence-corrected chi connectivity index (χ2v) is 7.20. The minimum absolute atomic E-state index is 0.143. The first-order valence-corrected chi connectivity index (χ1v) is 8.77. The lowest BCUT2D eigenvalue weighted by atomic mass is 9.91. The van der Waals surface area contributed by atoms with Gasteiger partial charge >= 0.3 is 0 Å². The van der Waals surface area contributed by atoms with Gasteiger partial charge in [0.05, 0.1) is 5.69 Å². The molecule has 0 aromatic carbocycles. The molecule has 1 amide bonds. The van der Waals surface area contributed by atoms with Crippen molar-refractivity contribution < 1.29 is 4.79 Å². The van der Waals surface area contributed by atoms with Crippen LogP contribution in [0.4, 0.5) is 0 Å². The van der Waals surface area contributed by atoms with E-state index in [0.717, 1.165) is 48.5 Å². The summed E-state index contributed by atoms with van der Waals surface area (Å²) in [7, 11) is 0. The Labute approximate surface area is 138 Å². The summed E-state index contributed by atoms with van der Waals surface area (Å²) in [6.07, 6.45) is 5.02. The zero-order chi connectivity index (χ0) is 16.6. The Balaban J connectivity index is 2.05. The van der Waals surface area contributed by atoms with Crippen molar-refractivity contribution in [2.24, 2.45) is 11.8 Å². The molecule has 2 aromatic heterocycles. The zero-order valence-electron chi connectivity index (χ0n) is 14.7. The van der Waals surface area contributed by atoms with Gasteiger partial charge in [-0.3, -0.25) is 9.20 Å². The van der Waals surface area contributed by atoms with Crippen LogP contribution in [0.25, 0.3) is 5.65 Å². The van der Waals surface area contributed by atoms with E-state index >= 15 is 0 Å². The van der Waals surface area contributed by atoms with Crippen LogP contribution in [0, 0.1) is 18.8 Å². The normalized spacial score (nSPS) is 21.8. The highest BCUT2D eigenvalue weighted by Gasteiger charge is 2.29. The van der Waals surface area contributed by atoms with Crippen molar-refractivity contribution in [3.05, 3.63) is 35.3 Å². The molecule has 0 saturated carbocycles. The van der Waals surface area contributed by atoms with Gasteiger partial charge in [0, 0.05) is 19.3 Å². The molecule has 2 unspecified atom stereocenters. The van der Waals surface area contributed by atoms with Gasteiger partial charge < -0.3 is 4.90 Å². The first-order chi connectivity index (χ1) is 11.0. The number of aryl methyl sites for hydroxylation is 2. The fourth-order valence-corrected chi connectivity index (χ4v) is 3.87. The molecule has 2 atom stereocenters. The minimum Gasteiger partial charge on any atom is -0.337 e. The summed E-state index contributed by atoms with van der Waals surface area (Å²) >= 11 is 0. The van der Waals surface area contributed by atoms with E-state index in [1.165, 1.54) is 6.42 Å². The van der Waals surface area contributed by atoms with Gasteiger partial charge in [0.15, 0.2) is 0 Å². The van der Waals surface area contributed by atoms with E-state index < -0.39 is 0 Å². The molecule has 1 fully saturated rings. The monoisotopic (exact) mass is 313 g/mol. The summed E-state index contributed by atoms with van der Waals surface area (Å²) in [5.74, 6) is 1.28. The molecule has 4 nitrogen and oxygen atoms in total. The van der Waals surface area contributed by atoms with Gasteiger partial charge in [-0.05, 0) is 43.2 Å². The lowest BCUT2D eigenvalue weighted by Gasteiger charge is -2.35. The third-order valence-corrected chi connectivity index (χ3v) is 4.76. The Morgan fingerprint density at radius 3 is 2.65 bits per heavy atom. The zero-order valence-corrected chi connectivity index (χ0v) is 14.7. The third-order valence-electron chi connectivity index (χ3n) is 4.76. The molecular formula is C19H27N3O. The molecule has 1 aliphatic rings. The van der Waals surface area contributed by atoms with Gasteiger partial charge in [0.2, 0.25) is 0 Å². The van der Waals surface area contributed by atoms with E-state index in [1.807, 2.05) is 21.6 Å². The number of hydrogen-bond donors (Lipinski definition) is 0. The molecule has 0 N–H and O–H groups in total. The van der Waals surface area contributed by atoms with Crippen molar-refractivity contribution in [2.45, 2.75) is 47.0 Å². The number of imidazole rings is 1. The van der Waals surface area contributed by atoms with Crippen molar-refractivity contribution in [3.8, 4) is 0 Å². The summed E-state index contributed by atoms with van der Waals surface area (Å²) in [6.45, 7) is 10.4. The molecule has 23 heavy (non-hydrogen) atoms. The number of fused-ring (bicyclic) bond motifs is 1. The molecule has 124 valence electrons. The van der Waals surface area contributed by atoms with Crippen LogP contribution in [0.1, 0.15) is 55.4 Å². The van der Waals surface area contributed by atoms with Crippen molar-refractivity contribution in [2.75, 3.05) is 13.1 Å². The number of pyridine rings is 1. The standard InChI is InChI=1S/C19H27N3O/c1-5-7-16-17(22-9-6-8-15(4)18(22)20-16)19(23)21-11-13(2)10-14(3)12-21/h6,8-9,13-14H,5,7,10-12H2,1-4H3. The topological polar surface area (TPSA) is 37.6 Å². The molecule has 0 radical (unpaired) electrons. The highest BCUT2D eigenvalue weighted by Crippen LogP contribution is 2.25. The molecule has 3 heterocycles. The average Bonchev–Trinajstić information content (AvgIpc) is 2.85. The predicted octanol–water partition coefficient (Wildman–Crippen LogP) is 3.71. The largest absolute Gasteiger partial charge is 0.337 e. The van der Waals surface area contributed by atoms with E-state index in [2.05, 4.69) is 33.8 Å². The van der Waals surface area contributed by atoms with Crippen LogP contribution in [0.3, 0.4) is 0 Å². The fraction of sp³-hybridized carbons (Fsp3) is 0.579. The molecular weight excluding hydrogens is 286 g/mol. The van der Waals surface area contributed by atoms with E-state index in [9.17, 15) is 4.79 Å². The van der Waals surface area contributed by atoms with Crippen LogP contribution in [0.5, 0.6) is 0 Å². The molecule has 0 aliphatic carbocycles. The first-order valence-electron chi connectivity index (χ1n) is 8.77. The van der Waals surface area contributed by atoms with Gasteiger partial charge in [0.25, 0.3) is 5.91 Å². The second-order valence-electron chi connectivity index (χ2n) is 7.20. The van der Waals surface area contributed by atoms with Crippen molar-refractivity contribution in [1.29, 1.82) is 0 Å². The second kappa shape index (κ2) is 6.34. The molecule has 4 heteroatoms. The maximum Gasteiger partial charge on any atom is 0.272 e. The van der Waals surface area contributed by atoms with Crippen LogP contribution >= 0.6 is 0 Å². The number of aromatic nitrogens is 2. The summed E-state index contributed by atoms with van der Waals surface area (Å²) < 4.78 is 1.99. The molecule has 1 aliphatic heterocycles. The maximum atomic E-state index is 13.2.